The zero-order chi connectivity index (χ0) is 31.1. The van der Waals surface area contributed by atoms with Crippen LogP contribution in [0, 0.1) is 0 Å². The van der Waals surface area contributed by atoms with Crippen molar-refractivity contribution in [2.45, 2.75) is 12.3 Å². The van der Waals surface area contributed by atoms with Crippen LogP contribution in [0.2, 0.25) is 0 Å². The molecule has 2 nitrogen and oxygen atoms in total. The third-order valence-electron chi connectivity index (χ3n) is 10.1. The Morgan fingerprint density at radius 2 is 1.15 bits per heavy atom. The first kappa shape index (κ1) is 26.6. The van der Waals surface area contributed by atoms with Crippen molar-refractivity contribution in [3.8, 4) is 11.1 Å². The largest absolute Gasteiger partial charge is 0.454 e. The first-order valence-electron chi connectivity index (χ1n) is 16.1. The molecule has 0 fully saturated rings. The Balaban J connectivity index is 1.23. The fourth-order valence-corrected chi connectivity index (χ4v) is 9.17. The highest BCUT2D eigenvalue weighted by Gasteiger charge is 2.42. The van der Waals surface area contributed by atoms with Crippen LogP contribution < -0.4 is 4.90 Å². The van der Waals surface area contributed by atoms with Crippen LogP contribution in [0.5, 0.6) is 0 Å². The van der Waals surface area contributed by atoms with E-state index in [1.165, 1.54) is 53.4 Å². The highest BCUT2D eigenvalue weighted by molar-refractivity contribution is 7.25. The number of benzene rings is 7. The monoisotopic (exact) mass is 619 g/mol. The van der Waals surface area contributed by atoms with Crippen LogP contribution >= 0.6 is 11.3 Å². The maximum atomic E-state index is 6.93. The van der Waals surface area contributed by atoms with Gasteiger partial charge in [0, 0.05) is 47.7 Å². The van der Waals surface area contributed by atoms with Gasteiger partial charge >= 0.3 is 0 Å². The topological polar surface area (TPSA) is 16.4 Å². The third-order valence-corrected chi connectivity index (χ3v) is 11.3. The number of para-hydroxylation sites is 2. The van der Waals surface area contributed by atoms with Gasteiger partial charge in [-0.3, -0.25) is 0 Å². The number of nitrogens with zero attached hydrogens (tertiary/aromatic N) is 1. The molecule has 0 saturated carbocycles. The van der Waals surface area contributed by atoms with Crippen LogP contribution in [-0.4, -0.2) is 0 Å². The number of rotatable bonds is 4. The van der Waals surface area contributed by atoms with Crippen molar-refractivity contribution in [3.63, 3.8) is 0 Å². The molecule has 1 aliphatic carbocycles. The summed E-state index contributed by atoms with van der Waals surface area (Å²) in [4.78, 5) is 2.34. The van der Waals surface area contributed by atoms with E-state index in [1.54, 1.807) is 0 Å². The summed E-state index contributed by atoms with van der Waals surface area (Å²) < 4.78 is 9.51. The standard InChI is InChI=1S/C44H29NOS/c1-44(35-19-8-5-15-30(35)31-16-6-9-20-36(31)44)37-21-12-23-39-42(37)34-18-11-22-38(43(34)46-39)45(28-13-3-2-4-14-28)29-25-26-33-32-17-7-10-24-40(32)47-41(33)27-29/h2-27H,1H3. The zero-order valence-corrected chi connectivity index (χ0v) is 26.6. The molecule has 2 heterocycles. The summed E-state index contributed by atoms with van der Waals surface area (Å²) in [5.41, 5.74) is 11.2. The summed E-state index contributed by atoms with van der Waals surface area (Å²) in [5.74, 6) is 0. The minimum Gasteiger partial charge on any atom is -0.454 e. The second-order valence-corrected chi connectivity index (χ2v) is 13.7. The molecule has 0 aliphatic heterocycles. The van der Waals surface area contributed by atoms with Crippen molar-refractivity contribution < 1.29 is 4.42 Å². The molecule has 0 radical (unpaired) electrons. The normalized spacial score (nSPS) is 13.4. The van der Waals surface area contributed by atoms with Crippen LogP contribution in [0.1, 0.15) is 23.6 Å². The molecule has 0 atom stereocenters. The number of fused-ring (bicyclic) bond motifs is 9. The molecule has 0 saturated heterocycles. The second-order valence-electron chi connectivity index (χ2n) is 12.6. The summed E-state index contributed by atoms with van der Waals surface area (Å²) >= 11 is 1.85. The lowest BCUT2D eigenvalue weighted by atomic mass is 9.73. The summed E-state index contributed by atoms with van der Waals surface area (Å²) in [6, 6.07) is 57.0. The number of hydrogen-bond acceptors (Lipinski definition) is 3. The van der Waals surface area contributed by atoms with E-state index in [1.807, 2.05) is 11.3 Å². The predicted octanol–water partition coefficient (Wildman–Crippen LogP) is 12.8. The van der Waals surface area contributed by atoms with Gasteiger partial charge in [0.25, 0.3) is 0 Å². The van der Waals surface area contributed by atoms with Crippen molar-refractivity contribution in [2.24, 2.45) is 0 Å². The highest BCUT2D eigenvalue weighted by Crippen LogP contribution is 2.55. The molecule has 0 unspecified atom stereocenters. The minimum absolute atomic E-state index is 0.329. The fraction of sp³-hybridized carbons (Fsp3) is 0.0455. The van der Waals surface area contributed by atoms with Gasteiger partial charge in [-0.2, -0.15) is 0 Å². The molecule has 7 aromatic carbocycles. The quantitative estimate of drug-likeness (QED) is 0.195. The van der Waals surface area contributed by atoms with Gasteiger partial charge in [-0.1, -0.05) is 115 Å². The maximum Gasteiger partial charge on any atom is 0.159 e. The first-order chi connectivity index (χ1) is 23.2. The van der Waals surface area contributed by atoms with Crippen molar-refractivity contribution >= 4 is 70.5 Å². The van der Waals surface area contributed by atoms with Gasteiger partial charge in [0.1, 0.15) is 5.58 Å². The van der Waals surface area contributed by atoms with Crippen LogP contribution in [0.25, 0.3) is 53.2 Å². The molecule has 47 heavy (non-hydrogen) atoms. The molecule has 222 valence electrons. The molecule has 0 N–H and O–H groups in total. The highest BCUT2D eigenvalue weighted by atomic mass is 32.1. The molecule has 0 spiro atoms. The number of thiophene rings is 1. The van der Waals surface area contributed by atoms with Gasteiger partial charge in [-0.05, 0) is 77.2 Å². The Morgan fingerprint density at radius 1 is 0.511 bits per heavy atom. The molecule has 10 rings (SSSR count). The molecule has 9 aromatic rings. The Kier molecular flexibility index (Phi) is 5.61. The zero-order valence-electron chi connectivity index (χ0n) is 25.8. The first-order valence-corrected chi connectivity index (χ1v) is 16.9. The SMILES string of the molecule is CC1(c2cccc3oc4c(N(c5ccccc5)c5ccc6c(c5)sc5ccccc56)cccc4c23)c2ccccc2-c2ccccc21. The van der Waals surface area contributed by atoms with E-state index in [4.69, 9.17) is 4.42 Å². The van der Waals surface area contributed by atoms with Crippen LogP contribution in [0.15, 0.2) is 162 Å². The summed E-state index contributed by atoms with van der Waals surface area (Å²) in [6.07, 6.45) is 0. The minimum atomic E-state index is -0.329. The molecule has 3 heteroatoms. The summed E-state index contributed by atoms with van der Waals surface area (Å²) in [7, 11) is 0. The Hall–Kier alpha value is -5.64. The van der Waals surface area contributed by atoms with Gasteiger partial charge < -0.3 is 9.32 Å². The number of anilines is 3. The van der Waals surface area contributed by atoms with E-state index in [0.29, 0.717) is 0 Å². The van der Waals surface area contributed by atoms with Crippen LogP contribution in [0.3, 0.4) is 0 Å². The molecule has 1 aliphatic rings. The van der Waals surface area contributed by atoms with Crippen molar-refractivity contribution in [1.29, 1.82) is 0 Å². The van der Waals surface area contributed by atoms with E-state index >= 15 is 0 Å². The predicted molar refractivity (Wildman–Crippen MR) is 199 cm³/mol. The van der Waals surface area contributed by atoms with Gasteiger partial charge in [0.15, 0.2) is 5.58 Å². The smallest absolute Gasteiger partial charge is 0.159 e. The van der Waals surface area contributed by atoms with E-state index in [9.17, 15) is 0 Å². The summed E-state index contributed by atoms with van der Waals surface area (Å²) in [5, 5.41) is 4.89. The Morgan fingerprint density at radius 3 is 1.96 bits per heavy atom. The van der Waals surface area contributed by atoms with Crippen molar-refractivity contribution in [3.05, 3.63) is 174 Å². The van der Waals surface area contributed by atoms with Gasteiger partial charge in [-0.25, -0.2) is 0 Å². The van der Waals surface area contributed by atoms with Crippen LogP contribution in [-0.2, 0) is 5.41 Å². The second kappa shape index (κ2) is 9.93. The molecular formula is C44H29NOS. The van der Waals surface area contributed by atoms with Crippen molar-refractivity contribution in [2.75, 3.05) is 4.90 Å². The van der Waals surface area contributed by atoms with E-state index in [0.717, 1.165) is 33.6 Å². The fourth-order valence-electron chi connectivity index (χ4n) is 8.03. The third kappa shape index (κ3) is 3.72. The lowest BCUT2D eigenvalue weighted by molar-refractivity contribution is 0.666. The molecule has 0 amide bonds. The lowest BCUT2D eigenvalue weighted by Gasteiger charge is -2.29. The average Bonchev–Trinajstić information content (AvgIpc) is 3.78. The molecule has 2 aromatic heterocycles. The summed E-state index contributed by atoms with van der Waals surface area (Å²) in [6.45, 7) is 2.38. The molecular weight excluding hydrogens is 591 g/mol. The Bertz CT molecular complexity index is 2620. The molecule has 0 bridgehead atoms. The number of furan rings is 1. The maximum absolute atomic E-state index is 6.93. The van der Waals surface area contributed by atoms with Crippen molar-refractivity contribution in [1.82, 2.24) is 0 Å². The average molecular weight is 620 g/mol. The lowest BCUT2D eigenvalue weighted by Crippen LogP contribution is -2.22. The van der Waals surface area contributed by atoms with E-state index in [-0.39, 0.29) is 5.41 Å². The van der Waals surface area contributed by atoms with Gasteiger partial charge in [-0.15, -0.1) is 11.3 Å². The van der Waals surface area contributed by atoms with E-state index in [2.05, 4.69) is 170 Å². The van der Waals surface area contributed by atoms with E-state index < -0.39 is 0 Å². The number of hydrogen-bond donors (Lipinski definition) is 0. The van der Waals surface area contributed by atoms with Crippen LogP contribution in [0.4, 0.5) is 17.1 Å². The van der Waals surface area contributed by atoms with Gasteiger partial charge in [0.2, 0.25) is 0 Å². The Labute approximate surface area is 276 Å². The van der Waals surface area contributed by atoms with Gasteiger partial charge in [0.05, 0.1) is 5.69 Å².